The molecule has 2 aromatic heterocycles. The topological polar surface area (TPSA) is 93.7 Å². The molecule has 0 aliphatic heterocycles. The first-order valence-corrected chi connectivity index (χ1v) is 9.94. The lowest BCUT2D eigenvalue weighted by atomic mass is 10.2. The van der Waals surface area contributed by atoms with Gasteiger partial charge in [-0.25, -0.2) is 0 Å². The third-order valence-electron chi connectivity index (χ3n) is 5.07. The van der Waals surface area contributed by atoms with Crippen LogP contribution in [0.1, 0.15) is 10.6 Å². The largest absolute Gasteiger partial charge is 0.480 e. The average Bonchev–Trinajstić information content (AvgIpc) is 3.40. The van der Waals surface area contributed by atoms with E-state index in [-0.39, 0.29) is 18.2 Å². The van der Waals surface area contributed by atoms with Crippen molar-refractivity contribution >= 4 is 39.4 Å². The van der Waals surface area contributed by atoms with Crippen LogP contribution in [0.4, 0.5) is 5.69 Å². The highest BCUT2D eigenvalue weighted by Gasteiger charge is 2.13. The van der Waals surface area contributed by atoms with Crippen LogP contribution in [0.15, 0.2) is 89.5 Å². The molecule has 7 heteroatoms. The van der Waals surface area contributed by atoms with E-state index in [1.807, 2.05) is 48.5 Å². The van der Waals surface area contributed by atoms with E-state index in [9.17, 15) is 9.59 Å². The summed E-state index contributed by atoms with van der Waals surface area (Å²) in [5, 5.41) is 13.6. The van der Waals surface area contributed by atoms with Crippen LogP contribution in [-0.2, 0) is 11.3 Å². The number of ether oxygens (including phenoxy) is 1. The molecule has 0 saturated carbocycles. The second kappa shape index (κ2) is 7.96. The summed E-state index contributed by atoms with van der Waals surface area (Å²) in [7, 11) is 0. The zero-order valence-electron chi connectivity index (χ0n) is 16.8. The monoisotopic (exact) mass is 426 g/mol. The zero-order chi connectivity index (χ0) is 22.1. The van der Waals surface area contributed by atoms with Gasteiger partial charge in [0.25, 0.3) is 5.91 Å². The number of carboxylic acid groups (broad SMARTS) is 1. The van der Waals surface area contributed by atoms with Gasteiger partial charge in [0, 0.05) is 22.7 Å². The van der Waals surface area contributed by atoms with Crippen LogP contribution in [0.5, 0.6) is 11.5 Å². The quantitative estimate of drug-likeness (QED) is 0.373. The fourth-order valence-electron chi connectivity index (χ4n) is 3.59. The molecule has 5 aromatic rings. The van der Waals surface area contributed by atoms with Crippen molar-refractivity contribution in [3.05, 3.63) is 90.8 Å². The smallest absolute Gasteiger partial charge is 0.323 e. The molecule has 0 aliphatic carbocycles. The molecular formula is C25H18N2O5. The number of fused-ring (bicyclic) bond motifs is 2. The van der Waals surface area contributed by atoms with Gasteiger partial charge in [0.15, 0.2) is 5.76 Å². The van der Waals surface area contributed by atoms with Crippen molar-refractivity contribution in [2.75, 3.05) is 5.32 Å². The molecule has 3 aromatic carbocycles. The zero-order valence-corrected chi connectivity index (χ0v) is 16.8. The first-order chi connectivity index (χ1) is 15.6. The fourth-order valence-corrected chi connectivity index (χ4v) is 3.59. The minimum absolute atomic E-state index is 0.118. The van der Waals surface area contributed by atoms with Gasteiger partial charge in [0.1, 0.15) is 23.6 Å². The minimum Gasteiger partial charge on any atom is -0.480 e. The number of carbonyl (C=O) groups excluding carboxylic acids is 1. The third-order valence-corrected chi connectivity index (χ3v) is 5.07. The number of benzene rings is 3. The number of carboxylic acids is 1. The van der Waals surface area contributed by atoms with Crippen LogP contribution in [-0.4, -0.2) is 21.6 Å². The van der Waals surface area contributed by atoms with Gasteiger partial charge in [0.05, 0.1) is 5.52 Å². The summed E-state index contributed by atoms with van der Waals surface area (Å²) in [6.07, 6.45) is 1.72. The Kier molecular flexibility index (Phi) is 4.84. The van der Waals surface area contributed by atoms with Crippen molar-refractivity contribution < 1.29 is 23.8 Å². The number of nitrogens with zero attached hydrogens (tertiary/aromatic N) is 1. The Bertz CT molecular complexity index is 1410. The van der Waals surface area contributed by atoms with Gasteiger partial charge < -0.3 is 24.1 Å². The Balaban J connectivity index is 1.31. The summed E-state index contributed by atoms with van der Waals surface area (Å²) in [6.45, 7) is -0.118. The van der Waals surface area contributed by atoms with Crippen molar-refractivity contribution in [3.63, 3.8) is 0 Å². The highest BCUT2D eigenvalue weighted by molar-refractivity contribution is 6.04. The highest BCUT2D eigenvalue weighted by Crippen LogP contribution is 2.31. The lowest BCUT2D eigenvalue weighted by Crippen LogP contribution is -2.10. The van der Waals surface area contributed by atoms with Crippen molar-refractivity contribution in [1.82, 2.24) is 4.57 Å². The molecule has 0 saturated heterocycles. The second-order valence-electron chi connectivity index (χ2n) is 7.26. The number of carbonyl (C=O) groups is 2. The normalized spacial score (nSPS) is 11.0. The first kappa shape index (κ1) is 19.4. The summed E-state index contributed by atoms with van der Waals surface area (Å²) < 4.78 is 13.3. The maximum Gasteiger partial charge on any atom is 0.323 e. The van der Waals surface area contributed by atoms with E-state index in [0.29, 0.717) is 22.8 Å². The summed E-state index contributed by atoms with van der Waals surface area (Å²) in [5.74, 6) is 0.202. The van der Waals surface area contributed by atoms with E-state index in [2.05, 4.69) is 5.32 Å². The number of aliphatic carboxylic acids is 1. The summed E-state index contributed by atoms with van der Waals surface area (Å²) in [6, 6.07) is 23.5. The van der Waals surface area contributed by atoms with Crippen molar-refractivity contribution in [3.8, 4) is 11.5 Å². The lowest BCUT2D eigenvalue weighted by Gasteiger charge is -2.09. The van der Waals surface area contributed by atoms with Crippen LogP contribution in [0.3, 0.4) is 0 Å². The predicted octanol–water partition coefficient (Wildman–Crippen LogP) is 5.52. The molecule has 7 nitrogen and oxygen atoms in total. The van der Waals surface area contributed by atoms with Gasteiger partial charge in [-0.05, 0) is 54.6 Å². The second-order valence-corrected chi connectivity index (χ2v) is 7.26. The van der Waals surface area contributed by atoms with E-state index in [0.717, 1.165) is 16.3 Å². The van der Waals surface area contributed by atoms with Crippen LogP contribution in [0, 0.1) is 0 Å². The Hall–Kier alpha value is -4.52. The number of amides is 1. The minimum atomic E-state index is -0.908. The van der Waals surface area contributed by atoms with E-state index in [4.69, 9.17) is 14.3 Å². The predicted molar refractivity (Wildman–Crippen MR) is 120 cm³/mol. The number of hydrogen-bond acceptors (Lipinski definition) is 4. The lowest BCUT2D eigenvalue weighted by molar-refractivity contribution is -0.137. The average molecular weight is 426 g/mol. The van der Waals surface area contributed by atoms with Gasteiger partial charge in [-0.2, -0.15) is 0 Å². The van der Waals surface area contributed by atoms with E-state index in [1.54, 1.807) is 41.1 Å². The van der Waals surface area contributed by atoms with Crippen LogP contribution in [0.25, 0.3) is 21.9 Å². The molecule has 0 fully saturated rings. The molecule has 2 heterocycles. The molecule has 1 amide bonds. The Morgan fingerprint density at radius 3 is 2.56 bits per heavy atom. The number of para-hydroxylation sites is 1. The Morgan fingerprint density at radius 2 is 1.78 bits per heavy atom. The molecule has 158 valence electrons. The number of anilines is 1. The van der Waals surface area contributed by atoms with Gasteiger partial charge in [0.2, 0.25) is 0 Å². The third kappa shape index (κ3) is 3.79. The maximum absolute atomic E-state index is 12.5. The summed E-state index contributed by atoms with van der Waals surface area (Å²) >= 11 is 0. The fraction of sp³-hybridized carbons (Fsp3) is 0.0400. The van der Waals surface area contributed by atoms with E-state index < -0.39 is 5.97 Å². The van der Waals surface area contributed by atoms with Gasteiger partial charge in [-0.3, -0.25) is 9.59 Å². The molecule has 0 atom stereocenters. The molecule has 5 rings (SSSR count). The van der Waals surface area contributed by atoms with E-state index >= 15 is 0 Å². The first-order valence-electron chi connectivity index (χ1n) is 9.94. The van der Waals surface area contributed by atoms with Crippen LogP contribution in [0.2, 0.25) is 0 Å². The van der Waals surface area contributed by atoms with Crippen molar-refractivity contribution in [2.24, 2.45) is 0 Å². The highest BCUT2D eigenvalue weighted by atomic mass is 16.5. The Morgan fingerprint density at radius 1 is 0.969 bits per heavy atom. The maximum atomic E-state index is 12.5. The Labute approximate surface area is 182 Å². The number of hydrogen-bond donors (Lipinski definition) is 2. The number of nitrogens with one attached hydrogen (secondary N) is 1. The summed E-state index contributed by atoms with van der Waals surface area (Å²) in [5.41, 5.74) is 2.04. The number of rotatable bonds is 6. The van der Waals surface area contributed by atoms with Crippen LogP contribution < -0.4 is 10.1 Å². The summed E-state index contributed by atoms with van der Waals surface area (Å²) in [4.78, 5) is 23.5. The molecule has 0 bridgehead atoms. The molecule has 0 unspecified atom stereocenters. The molecule has 0 spiro atoms. The van der Waals surface area contributed by atoms with Gasteiger partial charge >= 0.3 is 5.97 Å². The van der Waals surface area contributed by atoms with Crippen LogP contribution >= 0.6 is 0 Å². The molecule has 2 N–H and O–H groups in total. The van der Waals surface area contributed by atoms with Crippen molar-refractivity contribution in [2.45, 2.75) is 6.54 Å². The SMILES string of the molecule is O=C(O)Cn1ccc2c(Oc3ccc(NC(=O)c4cc5ccccc5o4)cc3)cccc21. The molecule has 0 radical (unpaired) electrons. The van der Waals surface area contributed by atoms with Gasteiger partial charge in [-0.1, -0.05) is 24.3 Å². The molecular weight excluding hydrogens is 408 g/mol. The molecule has 32 heavy (non-hydrogen) atoms. The molecule has 0 aliphatic rings. The standard InChI is InChI=1S/C25H18N2O5/c28-24(29)15-27-13-12-19-20(27)5-3-7-22(19)31-18-10-8-17(9-11-18)26-25(30)23-14-16-4-1-2-6-21(16)32-23/h1-14H,15H2,(H,26,30)(H,28,29). The number of furan rings is 1. The van der Waals surface area contributed by atoms with Gasteiger partial charge in [-0.15, -0.1) is 0 Å². The van der Waals surface area contributed by atoms with E-state index in [1.165, 1.54) is 0 Å². The number of aromatic nitrogens is 1. The van der Waals surface area contributed by atoms with Crippen molar-refractivity contribution in [1.29, 1.82) is 0 Å².